The van der Waals surface area contributed by atoms with Crippen LogP contribution in [-0.4, -0.2) is 54.3 Å². The third-order valence-electron chi connectivity index (χ3n) is 3.46. The third-order valence-corrected chi connectivity index (χ3v) is 4.37. The minimum Gasteiger partial charge on any atom is -0.374 e. The summed E-state index contributed by atoms with van der Waals surface area (Å²) in [6.07, 6.45) is 2.07. The molecule has 0 saturated carbocycles. The van der Waals surface area contributed by atoms with Gasteiger partial charge >= 0.3 is 0 Å². The summed E-state index contributed by atoms with van der Waals surface area (Å²) in [5.74, 6) is 0. The van der Waals surface area contributed by atoms with Gasteiger partial charge in [0.25, 0.3) is 0 Å². The Bertz CT molecular complexity index is 560. The molecule has 1 N–H and O–H groups in total. The monoisotopic (exact) mass is 304 g/mol. The number of thiazole rings is 1. The molecule has 0 unspecified atom stereocenters. The SMILES string of the molecule is CN1CCO[C@H](CNCc2csc(-c3ccccn3)n2)C1. The van der Waals surface area contributed by atoms with Crippen molar-refractivity contribution >= 4 is 11.3 Å². The van der Waals surface area contributed by atoms with Crippen LogP contribution in [-0.2, 0) is 11.3 Å². The smallest absolute Gasteiger partial charge is 0.142 e. The van der Waals surface area contributed by atoms with E-state index in [1.54, 1.807) is 17.5 Å². The Morgan fingerprint density at radius 2 is 2.43 bits per heavy atom. The molecule has 0 amide bonds. The number of rotatable bonds is 5. The van der Waals surface area contributed by atoms with Crippen molar-refractivity contribution in [1.29, 1.82) is 0 Å². The Morgan fingerprint density at radius 1 is 1.48 bits per heavy atom. The summed E-state index contributed by atoms with van der Waals surface area (Å²) in [4.78, 5) is 11.3. The van der Waals surface area contributed by atoms with Gasteiger partial charge in [-0.3, -0.25) is 4.98 Å². The minimum absolute atomic E-state index is 0.276. The van der Waals surface area contributed by atoms with E-state index in [4.69, 9.17) is 4.74 Å². The molecule has 1 atom stereocenters. The van der Waals surface area contributed by atoms with E-state index in [0.717, 1.165) is 49.2 Å². The zero-order valence-corrected chi connectivity index (χ0v) is 13.0. The molecule has 6 heteroatoms. The number of likely N-dealkylation sites (N-methyl/N-ethyl adjacent to an activating group) is 1. The molecule has 5 nitrogen and oxygen atoms in total. The Morgan fingerprint density at radius 3 is 3.24 bits per heavy atom. The van der Waals surface area contributed by atoms with Crippen molar-refractivity contribution in [2.75, 3.05) is 33.3 Å². The molecule has 3 heterocycles. The highest BCUT2D eigenvalue weighted by atomic mass is 32.1. The van der Waals surface area contributed by atoms with Crippen LogP contribution in [0.4, 0.5) is 0 Å². The van der Waals surface area contributed by atoms with Crippen LogP contribution in [0.1, 0.15) is 5.69 Å². The van der Waals surface area contributed by atoms with Crippen LogP contribution < -0.4 is 5.32 Å². The van der Waals surface area contributed by atoms with Gasteiger partial charge in [0, 0.05) is 37.8 Å². The van der Waals surface area contributed by atoms with Gasteiger partial charge in [-0.05, 0) is 19.2 Å². The van der Waals surface area contributed by atoms with E-state index >= 15 is 0 Å². The van der Waals surface area contributed by atoms with Crippen LogP contribution in [0.2, 0.25) is 0 Å². The molecule has 112 valence electrons. The third kappa shape index (κ3) is 4.07. The van der Waals surface area contributed by atoms with Gasteiger partial charge in [0.15, 0.2) is 0 Å². The van der Waals surface area contributed by atoms with Crippen LogP contribution in [0.3, 0.4) is 0 Å². The molecule has 1 fully saturated rings. The zero-order valence-electron chi connectivity index (χ0n) is 12.2. The highest BCUT2D eigenvalue weighted by Crippen LogP contribution is 2.21. The molecule has 21 heavy (non-hydrogen) atoms. The number of nitrogens with zero attached hydrogens (tertiary/aromatic N) is 3. The molecular formula is C15H20N4OS. The van der Waals surface area contributed by atoms with Crippen LogP contribution in [0.15, 0.2) is 29.8 Å². The minimum atomic E-state index is 0.276. The maximum absolute atomic E-state index is 5.73. The van der Waals surface area contributed by atoms with Gasteiger partial charge in [-0.15, -0.1) is 11.3 Å². The lowest BCUT2D eigenvalue weighted by Gasteiger charge is -2.30. The van der Waals surface area contributed by atoms with Crippen LogP contribution >= 0.6 is 11.3 Å². The number of hydrogen-bond acceptors (Lipinski definition) is 6. The second-order valence-corrected chi connectivity index (χ2v) is 6.10. The van der Waals surface area contributed by atoms with Gasteiger partial charge in [0.2, 0.25) is 0 Å². The predicted octanol–water partition coefficient (Wildman–Crippen LogP) is 1.63. The topological polar surface area (TPSA) is 50.3 Å². The fourth-order valence-electron chi connectivity index (χ4n) is 2.35. The summed E-state index contributed by atoms with van der Waals surface area (Å²) >= 11 is 1.64. The first-order valence-corrected chi connectivity index (χ1v) is 8.06. The number of hydrogen-bond donors (Lipinski definition) is 1. The summed E-state index contributed by atoms with van der Waals surface area (Å²) in [6, 6.07) is 5.89. The Balaban J connectivity index is 1.49. The lowest BCUT2D eigenvalue weighted by Crippen LogP contribution is -2.44. The van der Waals surface area contributed by atoms with Crippen molar-refractivity contribution in [1.82, 2.24) is 20.2 Å². The van der Waals surface area contributed by atoms with Crippen molar-refractivity contribution in [3.05, 3.63) is 35.5 Å². The first kappa shape index (κ1) is 14.6. The number of nitrogens with one attached hydrogen (secondary N) is 1. The number of morpholine rings is 1. The Kier molecular flexibility index (Phi) is 4.92. The van der Waals surface area contributed by atoms with Gasteiger partial charge in [0.1, 0.15) is 5.01 Å². The van der Waals surface area contributed by atoms with Crippen molar-refractivity contribution in [3.8, 4) is 10.7 Å². The van der Waals surface area contributed by atoms with E-state index in [0.29, 0.717) is 0 Å². The summed E-state index contributed by atoms with van der Waals surface area (Å²) in [7, 11) is 2.13. The van der Waals surface area contributed by atoms with E-state index < -0.39 is 0 Å². The second-order valence-electron chi connectivity index (χ2n) is 5.24. The van der Waals surface area contributed by atoms with Gasteiger partial charge in [-0.2, -0.15) is 0 Å². The molecule has 1 saturated heterocycles. The molecule has 2 aromatic heterocycles. The van der Waals surface area contributed by atoms with E-state index in [-0.39, 0.29) is 6.10 Å². The van der Waals surface area contributed by atoms with Gasteiger partial charge in [-0.1, -0.05) is 6.07 Å². The number of pyridine rings is 1. The molecule has 0 aliphatic carbocycles. The lowest BCUT2D eigenvalue weighted by atomic mass is 10.3. The van der Waals surface area contributed by atoms with Crippen molar-refractivity contribution in [3.63, 3.8) is 0 Å². The molecule has 1 aliphatic heterocycles. The maximum Gasteiger partial charge on any atom is 0.142 e. The van der Waals surface area contributed by atoms with E-state index in [2.05, 4.69) is 32.6 Å². The fourth-order valence-corrected chi connectivity index (χ4v) is 3.14. The number of ether oxygens (including phenoxy) is 1. The predicted molar refractivity (Wildman–Crippen MR) is 84.3 cm³/mol. The summed E-state index contributed by atoms with van der Waals surface area (Å²) in [6.45, 7) is 4.47. The van der Waals surface area contributed by atoms with E-state index in [1.807, 2.05) is 18.2 Å². The molecule has 2 aromatic rings. The van der Waals surface area contributed by atoms with Crippen LogP contribution in [0.25, 0.3) is 10.7 Å². The van der Waals surface area contributed by atoms with Gasteiger partial charge in [-0.25, -0.2) is 4.98 Å². The highest BCUT2D eigenvalue weighted by Gasteiger charge is 2.17. The molecule has 0 aromatic carbocycles. The Hall–Kier alpha value is -1.34. The summed E-state index contributed by atoms with van der Waals surface area (Å²) < 4.78 is 5.73. The van der Waals surface area contributed by atoms with Crippen LogP contribution in [0.5, 0.6) is 0 Å². The standard InChI is InChI=1S/C15H20N4OS/c1-19-6-7-20-13(10-19)9-16-8-12-11-21-15(18-12)14-4-2-3-5-17-14/h2-5,11,13,16H,6-10H2,1H3/t13-/m1/s1. The summed E-state index contributed by atoms with van der Waals surface area (Å²) in [5.41, 5.74) is 2.00. The summed E-state index contributed by atoms with van der Waals surface area (Å²) in [5, 5.41) is 6.49. The molecule has 1 aliphatic rings. The van der Waals surface area contributed by atoms with Crippen molar-refractivity contribution in [2.45, 2.75) is 12.6 Å². The first-order chi connectivity index (χ1) is 10.3. The van der Waals surface area contributed by atoms with E-state index in [1.165, 1.54) is 0 Å². The lowest BCUT2D eigenvalue weighted by molar-refractivity contribution is -0.0182. The molecule has 0 spiro atoms. The van der Waals surface area contributed by atoms with Gasteiger partial charge in [0.05, 0.1) is 24.1 Å². The largest absolute Gasteiger partial charge is 0.374 e. The molecular weight excluding hydrogens is 284 g/mol. The molecule has 0 radical (unpaired) electrons. The first-order valence-electron chi connectivity index (χ1n) is 7.18. The zero-order chi connectivity index (χ0) is 14.5. The number of aromatic nitrogens is 2. The van der Waals surface area contributed by atoms with Gasteiger partial charge < -0.3 is 15.0 Å². The fraction of sp³-hybridized carbons (Fsp3) is 0.467. The second kappa shape index (κ2) is 7.09. The van der Waals surface area contributed by atoms with E-state index in [9.17, 15) is 0 Å². The molecule has 3 rings (SSSR count). The highest BCUT2D eigenvalue weighted by molar-refractivity contribution is 7.13. The normalized spacial score (nSPS) is 19.8. The van der Waals surface area contributed by atoms with Crippen molar-refractivity contribution < 1.29 is 4.74 Å². The maximum atomic E-state index is 5.73. The Labute approximate surface area is 129 Å². The average molecular weight is 304 g/mol. The van der Waals surface area contributed by atoms with Crippen LogP contribution in [0, 0.1) is 0 Å². The quantitative estimate of drug-likeness (QED) is 0.910. The average Bonchev–Trinajstić information content (AvgIpc) is 2.97. The molecule has 0 bridgehead atoms. The van der Waals surface area contributed by atoms with Crippen molar-refractivity contribution in [2.24, 2.45) is 0 Å².